The lowest BCUT2D eigenvalue weighted by Gasteiger charge is -2.18. The van der Waals surface area contributed by atoms with E-state index >= 15 is 0 Å². The lowest BCUT2D eigenvalue weighted by Crippen LogP contribution is -3.11. The Morgan fingerprint density at radius 2 is 1.79 bits per heavy atom. The van der Waals surface area contributed by atoms with Gasteiger partial charge in [0.25, 0.3) is 5.91 Å². The zero-order valence-corrected chi connectivity index (χ0v) is 16.1. The number of para-hydroxylation sites is 1. The molecule has 1 amide bonds. The Morgan fingerprint density at radius 3 is 2.38 bits per heavy atom. The highest BCUT2D eigenvalue weighted by Gasteiger charge is 2.14. The number of likely N-dealkylation sites (N-methyl/N-ethyl adjacent to an activating group) is 1. The molecule has 4 nitrogen and oxygen atoms in total. The third-order valence-electron chi connectivity index (χ3n) is 3.97. The number of hydrogen-bond acceptors (Lipinski definition) is 2. The average molecular weight is 391 g/mol. The molecule has 0 fully saturated rings. The number of rotatable bonds is 7. The van der Waals surface area contributed by atoms with Crippen molar-refractivity contribution >= 4 is 33.2 Å². The van der Waals surface area contributed by atoms with Crippen LogP contribution in [0, 0.1) is 0 Å². The van der Waals surface area contributed by atoms with Gasteiger partial charge in [0, 0.05) is 29.8 Å². The monoisotopic (exact) mass is 390 g/mol. The van der Waals surface area contributed by atoms with Gasteiger partial charge in [0.05, 0.1) is 12.2 Å². The van der Waals surface area contributed by atoms with Crippen molar-refractivity contribution in [3.63, 3.8) is 0 Å². The van der Waals surface area contributed by atoms with Gasteiger partial charge < -0.3 is 15.1 Å². The summed E-state index contributed by atoms with van der Waals surface area (Å²) in [4.78, 5) is 15.6. The number of nitrogens with one attached hydrogen (secondary N) is 2. The summed E-state index contributed by atoms with van der Waals surface area (Å²) in [5, 5.41) is 2.97. The van der Waals surface area contributed by atoms with Crippen molar-refractivity contribution in [1.82, 2.24) is 0 Å². The first-order valence-electron chi connectivity index (χ1n) is 8.13. The van der Waals surface area contributed by atoms with E-state index in [2.05, 4.69) is 57.3 Å². The van der Waals surface area contributed by atoms with Crippen molar-refractivity contribution in [3.8, 4) is 0 Å². The highest BCUT2D eigenvalue weighted by Crippen LogP contribution is 2.20. The fourth-order valence-electron chi connectivity index (χ4n) is 2.50. The van der Waals surface area contributed by atoms with Crippen LogP contribution < -0.4 is 15.1 Å². The summed E-state index contributed by atoms with van der Waals surface area (Å²) in [5.74, 6) is 0.0312. The Morgan fingerprint density at radius 1 is 1.12 bits per heavy atom. The molecule has 0 bridgehead atoms. The number of carbonyl (C=O) groups is 1. The van der Waals surface area contributed by atoms with Crippen molar-refractivity contribution in [3.05, 3.63) is 58.6 Å². The van der Waals surface area contributed by atoms with Gasteiger partial charge in [-0.2, -0.15) is 0 Å². The van der Waals surface area contributed by atoms with E-state index in [1.807, 2.05) is 38.4 Å². The van der Waals surface area contributed by atoms with Gasteiger partial charge in [-0.25, -0.2) is 0 Å². The normalized spacial score (nSPS) is 11.8. The Bertz CT molecular complexity index is 671. The van der Waals surface area contributed by atoms with Crippen LogP contribution in [0.4, 0.5) is 11.4 Å². The van der Waals surface area contributed by atoms with Crippen molar-refractivity contribution in [2.45, 2.75) is 13.5 Å². The van der Waals surface area contributed by atoms with Crippen LogP contribution in [0.5, 0.6) is 0 Å². The van der Waals surface area contributed by atoms with Gasteiger partial charge >= 0.3 is 0 Å². The molecule has 2 rings (SSSR count). The first-order valence-corrected chi connectivity index (χ1v) is 8.93. The number of benzene rings is 2. The van der Waals surface area contributed by atoms with E-state index in [4.69, 9.17) is 0 Å². The minimum Gasteiger partial charge on any atom is -0.378 e. The van der Waals surface area contributed by atoms with Crippen LogP contribution in [0.15, 0.2) is 53.0 Å². The second kappa shape index (κ2) is 8.85. The van der Waals surface area contributed by atoms with E-state index in [0.717, 1.165) is 23.2 Å². The molecular weight excluding hydrogens is 366 g/mol. The second-order valence-corrected chi connectivity index (χ2v) is 6.90. The van der Waals surface area contributed by atoms with Gasteiger partial charge in [0.15, 0.2) is 6.54 Å². The zero-order chi connectivity index (χ0) is 17.5. The number of hydrogen-bond donors (Lipinski definition) is 2. The van der Waals surface area contributed by atoms with Gasteiger partial charge in [-0.05, 0) is 47.1 Å². The largest absolute Gasteiger partial charge is 0.378 e. The minimum absolute atomic E-state index is 0.0312. The van der Waals surface area contributed by atoms with Crippen LogP contribution >= 0.6 is 15.9 Å². The fourth-order valence-corrected chi connectivity index (χ4v) is 2.88. The van der Waals surface area contributed by atoms with Crippen LogP contribution in [0.2, 0.25) is 0 Å². The molecule has 0 aromatic heterocycles. The van der Waals surface area contributed by atoms with Gasteiger partial charge in [0.1, 0.15) is 6.54 Å². The SMILES string of the molecule is CC[NH+](CC(=O)Nc1ccccc1Br)Cc1ccc(N(C)C)cc1. The van der Waals surface area contributed by atoms with E-state index in [0.29, 0.717) is 6.54 Å². The van der Waals surface area contributed by atoms with Crippen LogP contribution in [0.1, 0.15) is 12.5 Å². The van der Waals surface area contributed by atoms with E-state index < -0.39 is 0 Å². The summed E-state index contributed by atoms with van der Waals surface area (Å²) in [6, 6.07) is 16.2. The quantitative estimate of drug-likeness (QED) is 0.761. The van der Waals surface area contributed by atoms with E-state index in [1.54, 1.807) is 0 Å². The lowest BCUT2D eigenvalue weighted by atomic mass is 10.2. The standard InChI is InChI=1S/C19H24BrN3O/c1-4-23(13-15-9-11-16(12-10-15)22(2)3)14-19(24)21-18-8-6-5-7-17(18)20/h5-12H,4,13-14H2,1-3H3,(H,21,24)/p+1. The number of halogens is 1. The van der Waals surface area contributed by atoms with Gasteiger partial charge in [0.2, 0.25) is 0 Å². The maximum absolute atomic E-state index is 12.3. The Labute approximate surface area is 152 Å². The summed E-state index contributed by atoms with van der Waals surface area (Å²) in [5.41, 5.74) is 3.24. The summed E-state index contributed by atoms with van der Waals surface area (Å²) >= 11 is 3.45. The first-order chi connectivity index (χ1) is 11.5. The van der Waals surface area contributed by atoms with E-state index in [1.165, 1.54) is 16.2 Å². The van der Waals surface area contributed by atoms with E-state index in [-0.39, 0.29) is 5.91 Å². The van der Waals surface area contributed by atoms with Gasteiger partial charge in [-0.3, -0.25) is 4.79 Å². The molecule has 0 radical (unpaired) electrons. The molecule has 0 spiro atoms. The predicted octanol–water partition coefficient (Wildman–Crippen LogP) is 2.56. The fraction of sp³-hybridized carbons (Fsp3) is 0.316. The van der Waals surface area contributed by atoms with Crippen LogP contribution in [-0.2, 0) is 11.3 Å². The summed E-state index contributed by atoms with van der Waals surface area (Å²) < 4.78 is 0.899. The number of carbonyl (C=O) groups excluding carboxylic acids is 1. The number of amides is 1. The van der Waals surface area contributed by atoms with Crippen LogP contribution in [0.3, 0.4) is 0 Å². The van der Waals surface area contributed by atoms with Gasteiger partial charge in [-0.1, -0.05) is 24.3 Å². The molecule has 0 heterocycles. The first kappa shape index (κ1) is 18.5. The minimum atomic E-state index is 0.0312. The van der Waals surface area contributed by atoms with Crippen molar-refractivity contribution < 1.29 is 9.69 Å². The smallest absolute Gasteiger partial charge is 0.279 e. The predicted molar refractivity (Wildman–Crippen MR) is 104 cm³/mol. The molecule has 1 unspecified atom stereocenters. The molecule has 0 saturated carbocycles. The average Bonchev–Trinajstić information content (AvgIpc) is 2.56. The molecule has 1 atom stereocenters. The molecule has 2 N–H and O–H groups in total. The van der Waals surface area contributed by atoms with Crippen molar-refractivity contribution in [2.75, 3.05) is 37.4 Å². The molecule has 0 aliphatic heterocycles. The third-order valence-corrected chi connectivity index (χ3v) is 4.66. The molecule has 0 saturated heterocycles. The van der Waals surface area contributed by atoms with E-state index in [9.17, 15) is 4.79 Å². The zero-order valence-electron chi connectivity index (χ0n) is 14.5. The van der Waals surface area contributed by atoms with Crippen LogP contribution in [-0.4, -0.2) is 33.1 Å². The van der Waals surface area contributed by atoms with Crippen molar-refractivity contribution in [2.24, 2.45) is 0 Å². The summed E-state index contributed by atoms with van der Waals surface area (Å²) in [6.45, 7) is 4.30. The molecular formula is C19H25BrN3O+. The Kier molecular flexibility index (Phi) is 6.82. The number of nitrogens with zero attached hydrogens (tertiary/aromatic N) is 1. The topological polar surface area (TPSA) is 36.8 Å². The Hall–Kier alpha value is -1.85. The molecule has 5 heteroatoms. The number of quaternary nitrogens is 1. The summed E-state index contributed by atoms with van der Waals surface area (Å²) in [7, 11) is 4.06. The molecule has 2 aromatic carbocycles. The molecule has 2 aromatic rings. The Balaban J connectivity index is 1.94. The lowest BCUT2D eigenvalue weighted by molar-refractivity contribution is -0.903. The van der Waals surface area contributed by atoms with Crippen molar-refractivity contribution in [1.29, 1.82) is 0 Å². The highest BCUT2D eigenvalue weighted by molar-refractivity contribution is 9.10. The second-order valence-electron chi connectivity index (χ2n) is 6.05. The molecule has 0 aliphatic rings. The third kappa shape index (κ3) is 5.35. The van der Waals surface area contributed by atoms with Crippen LogP contribution in [0.25, 0.3) is 0 Å². The molecule has 128 valence electrons. The maximum atomic E-state index is 12.3. The molecule has 24 heavy (non-hydrogen) atoms. The number of anilines is 2. The van der Waals surface area contributed by atoms with Gasteiger partial charge in [-0.15, -0.1) is 0 Å². The highest BCUT2D eigenvalue weighted by atomic mass is 79.9. The molecule has 0 aliphatic carbocycles. The maximum Gasteiger partial charge on any atom is 0.279 e. The summed E-state index contributed by atoms with van der Waals surface area (Å²) in [6.07, 6.45) is 0.